The molecule has 2 rings (SSSR count). The van der Waals surface area contributed by atoms with Crippen molar-refractivity contribution in [2.24, 2.45) is 0 Å². The van der Waals surface area contributed by atoms with Crippen LogP contribution in [0.3, 0.4) is 0 Å². The third-order valence-electron chi connectivity index (χ3n) is 2.26. The van der Waals surface area contributed by atoms with Crippen molar-refractivity contribution in [3.8, 4) is 0 Å². The molecule has 1 amide bonds. The van der Waals surface area contributed by atoms with Crippen molar-refractivity contribution in [3.05, 3.63) is 30.1 Å². The van der Waals surface area contributed by atoms with Crippen LogP contribution in [0.15, 0.2) is 24.3 Å². The first-order valence-electron chi connectivity index (χ1n) is 4.39. The summed E-state index contributed by atoms with van der Waals surface area (Å²) in [5.74, 6) is -0.302. The maximum atomic E-state index is 12.9. The molecule has 1 aliphatic heterocycles. The Morgan fingerprint density at radius 3 is 2.86 bits per heavy atom. The van der Waals surface area contributed by atoms with E-state index in [0.29, 0.717) is 12.2 Å². The number of rotatable bonds is 1. The van der Waals surface area contributed by atoms with Gasteiger partial charge in [0.25, 0.3) is 0 Å². The van der Waals surface area contributed by atoms with Crippen molar-refractivity contribution in [1.82, 2.24) is 0 Å². The van der Waals surface area contributed by atoms with Gasteiger partial charge in [0.15, 0.2) is 0 Å². The van der Waals surface area contributed by atoms with Gasteiger partial charge in [-0.1, -0.05) is 22.0 Å². The van der Waals surface area contributed by atoms with Gasteiger partial charge in [0.1, 0.15) is 5.82 Å². The Kier molecular flexibility index (Phi) is 2.54. The molecule has 0 aromatic heterocycles. The van der Waals surface area contributed by atoms with Crippen LogP contribution in [0.1, 0.15) is 6.42 Å². The number of halogens is 2. The summed E-state index contributed by atoms with van der Waals surface area (Å²) in [6, 6.07) is 6.10. The van der Waals surface area contributed by atoms with E-state index >= 15 is 0 Å². The number of nitrogens with zero attached hydrogens (tertiary/aromatic N) is 1. The van der Waals surface area contributed by atoms with Crippen LogP contribution in [0.2, 0.25) is 0 Å². The van der Waals surface area contributed by atoms with Crippen LogP contribution >= 0.6 is 15.9 Å². The summed E-state index contributed by atoms with van der Waals surface area (Å²) < 4.78 is 12.9. The third-order valence-corrected chi connectivity index (χ3v) is 3.11. The molecule has 1 unspecified atom stereocenters. The molecule has 1 aromatic rings. The predicted octanol–water partition coefficient (Wildman–Crippen LogP) is 2.33. The fourth-order valence-corrected chi connectivity index (χ4v) is 2.00. The van der Waals surface area contributed by atoms with Crippen molar-refractivity contribution in [2.75, 3.05) is 11.4 Å². The lowest BCUT2D eigenvalue weighted by atomic mass is 10.3. The van der Waals surface area contributed by atoms with E-state index in [2.05, 4.69) is 15.9 Å². The Hall–Kier alpha value is -0.900. The van der Waals surface area contributed by atoms with Crippen molar-refractivity contribution in [3.63, 3.8) is 0 Å². The molecule has 1 atom stereocenters. The zero-order chi connectivity index (χ0) is 10.1. The number of amides is 1. The topological polar surface area (TPSA) is 20.3 Å². The van der Waals surface area contributed by atoms with E-state index in [4.69, 9.17) is 0 Å². The number of hydrogen-bond acceptors (Lipinski definition) is 1. The normalized spacial score (nSPS) is 21.7. The van der Waals surface area contributed by atoms with Gasteiger partial charge in [0.05, 0.1) is 4.83 Å². The maximum Gasteiger partial charge on any atom is 0.240 e. The summed E-state index contributed by atoms with van der Waals surface area (Å²) in [5.41, 5.74) is 0.636. The second-order valence-electron chi connectivity index (χ2n) is 3.23. The first-order valence-corrected chi connectivity index (χ1v) is 5.31. The van der Waals surface area contributed by atoms with Crippen LogP contribution in [0.25, 0.3) is 0 Å². The number of alkyl halides is 1. The zero-order valence-corrected chi connectivity index (χ0v) is 9.00. The van der Waals surface area contributed by atoms with Gasteiger partial charge >= 0.3 is 0 Å². The lowest BCUT2D eigenvalue weighted by Gasteiger charge is -2.15. The van der Waals surface area contributed by atoms with Crippen LogP contribution in [0.4, 0.5) is 10.1 Å². The molecular weight excluding hydrogens is 249 g/mol. The average Bonchev–Trinajstić information content (AvgIpc) is 2.48. The summed E-state index contributed by atoms with van der Waals surface area (Å²) in [5, 5.41) is 0. The number of carbonyl (C=O) groups excluding carboxylic acids is 1. The van der Waals surface area contributed by atoms with Crippen LogP contribution in [0, 0.1) is 5.82 Å². The van der Waals surface area contributed by atoms with Crippen LogP contribution < -0.4 is 4.90 Å². The standard InChI is InChI=1S/C10H9BrFNO/c11-9-4-5-13(10(9)14)8-3-1-2-7(12)6-8/h1-3,6,9H,4-5H2. The summed E-state index contributed by atoms with van der Waals surface area (Å²) in [6.07, 6.45) is 0.773. The van der Waals surface area contributed by atoms with Gasteiger partial charge in [0.2, 0.25) is 5.91 Å². The first-order chi connectivity index (χ1) is 6.68. The number of anilines is 1. The Morgan fingerprint density at radius 2 is 2.29 bits per heavy atom. The van der Waals surface area contributed by atoms with Gasteiger partial charge in [-0.15, -0.1) is 0 Å². The van der Waals surface area contributed by atoms with Crippen LogP contribution in [-0.2, 0) is 4.79 Å². The SMILES string of the molecule is O=C1C(Br)CCN1c1cccc(F)c1. The molecule has 0 radical (unpaired) electrons. The largest absolute Gasteiger partial charge is 0.311 e. The van der Waals surface area contributed by atoms with Crippen molar-refractivity contribution in [1.29, 1.82) is 0 Å². The van der Waals surface area contributed by atoms with Crippen LogP contribution in [-0.4, -0.2) is 17.3 Å². The molecule has 1 heterocycles. The Bertz CT molecular complexity index is 369. The lowest BCUT2D eigenvalue weighted by molar-refractivity contribution is -0.116. The third kappa shape index (κ3) is 1.66. The Labute approximate surface area is 89.8 Å². The molecule has 0 aliphatic carbocycles. The Balaban J connectivity index is 2.28. The van der Waals surface area contributed by atoms with Gasteiger partial charge < -0.3 is 4.90 Å². The molecule has 2 nitrogen and oxygen atoms in total. The lowest BCUT2D eigenvalue weighted by Crippen LogP contribution is -2.26. The molecule has 0 spiro atoms. The molecule has 1 saturated heterocycles. The quantitative estimate of drug-likeness (QED) is 0.708. The Morgan fingerprint density at radius 1 is 1.50 bits per heavy atom. The van der Waals surface area contributed by atoms with Gasteiger partial charge in [-0.2, -0.15) is 0 Å². The van der Waals surface area contributed by atoms with E-state index in [0.717, 1.165) is 6.42 Å². The fraction of sp³-hybridized carbons (Fsp3) is 0.300. The average molecular weight is 258 g/mol. The molecule has 14 heavy (non-hydrogen) atoms. The summed E-state index contributed by atoms with van der Waals surface area (Å²) in [6.45, 7) is 0.651. The van der Waals surface area contributed by atoms with E-state index in [9.17, 15) is 9.18 Å². The molecule has 74 valence electrons. The second kappa shape index (κ2) is 3.69. The van der Waals surface area contributed by atoms with Gasteiger partial charge in [-0.05, 0) is 24.6 Å². The van der Waals surface area contributed by atoms with Gasteiger partial charge in [0, 0.05) is 12.2 Å². The van der Waals surface area contributed by atoms with Crippen molar-refractivity contribution >= 4 is 27.5 Å². The minimum atomic E-state index is -0.312. The molecule has 0 N–H and O–H groups in total. The maximum absolute atomic E-state index is 12.9. The monoisotopic (exact) mass is 257 g/mol. The molecule has 0 bridgehead atoms. The highest BCUT2D eigenvalue weighted by Crippen LogP contribution is 2.25. The smallest absolute Gasteiger partial charge is 0.240 e. The van der Waals surface area contributed by atoms with E-state index in [-0.39, 0.29) is 16.6 Å². The molecular formula is C10H9BrFNO. The molecule has 1 aromatic carbocycles. The van der Waals surface area contributed by atoms with E-state index in [1.807, 2.05) is 0 Å². The number of benzene rings is 1. The van der Waals surface area contributed by atoms with Gasteiger partial charge in [-0.25, -0.2) is 4.39 Å². The molecule has 0 saturated carbocycles. The molecule has 4 heteroatoms. The number of carbonyl (C=O) groups is 1. The summed E-state index contributed by atoms with van der Waals surface area (Å²) in [7, 11) is 0. The highest BCUT2D eigenvalue weighted by molar-refractivity contribution is 9.10. The predicted molar refractivity (Wildman–Crippen MR) is 56.1 cm³/mol. The highest BCUT2D eigenvalue weighted by Gasteiger charge is 2.30. The van der Waals surface area contributed by atoms with E-state index in [1.165, 1.54) is 12.1 Å². The van der Waals surface area contributed by atoms with Crippen molar-refractivity contribution in [2.45, 2.75) is 11.2 Å². The van der Waals surface area contributed by atoms with Crippen LogP contribution in [0.5, 0.6) is 0 Å². The van der Waals surface area contributed by atoms with Crippen molar-refractivity contribution < 1.29 is 9.18 Å². The first kappa shape index (κ1) is 9.65. The zero-order valence-electron chi connectivity index (χ0n) is 7.41. The summed E-state index contributed by atoms with van der Waals surface area (Å²) in [4.78, 5) is 13.1. The number of hydrogen-bond donors (Lipinski definition) is 0. The molecule has 1 fully saturated rings. The second-order valence-corrected chi connectivity index (χ2v) is 4.33. The van der Waals surface area contributed by atoms with E-state index in [1.54, 1.807) is 17.0 Å². The van der Waals surface area contributed by atoms with E-state index < -0.39 is 0 Å². The minimum absolute atomic E-state index is 0.00981. The fourth-order valence-electron chi connectivity index (χ4n) is 1.55. The minimum Gasteiger partial charge on any atom is -0.311 e. The van der Waals surface area contributed by atoms with Gasteiger partial charge in [-0.3, -0.25) is 4.79 Å². The summed E-state index contributed by atoms with van der Waals surface area (Å²) >= 11 is 3.27. The highest BCUT2D eigenvalue weighted by atomic mass is 79.9. The molecule has 1 aliphatic rings.